The highest BCUT2D eigenvalue weighted by Gasteiger charge is 2.48. The molecule has 2 amide bonds. The average molecular weight is 422 g/mol. The second kappa shape index (κ2) is 5.20. The zero-order valence-electron chi connectivity index (χ0n) is 16.9. The van der Waals surface area contributed by atoms with Gasteiger partial charge in [-0.15, -0.1) is 0 Å². The van der Waals surface area contributed by atoms with Crippen LogP contribution in [0.4, 0.5) is 0 Å². The number of para-hydroxylation sites is 2. The largest absolute Gasteiger partial charge is 0.389 e. The Morgan fingerprint density at radius 1 is 0.812 bits per heavy atom. The van der Waals surface area contributed by atoms with E-state index in [2.05, 4.69) is 14.5 Å². The molecule has 32 heavy (non-hydrogen) atoms. The highest BCUT2D eigenvalue weighted by molar-refractivity contribution is 6.39. The first-order valence-corrected chi connectivity index (χ1v) is 10.9. The van der Waals surface area contributed by atoms with E-state index in [1.54, 1.807) is 0 Å². The second-order valence-corrected chi connectivity index (χ2v) is 9.19. The predicted molar refractivity (Wildman–Crippen MR) is 121 cm³/mol. The van der Waals surface area contributed by atoms with E-state index >= 15 is 0 Å². The first-order valence-electron chi connectivity index (χ1n) is 10.9. The molecule has 2 aliphatic heterocycles. The Hall–Kier alpha value is -3.68. The predicted octanol–water partition coefficient (Wildman–Crippen LogP) is 2.97. The quantitative estimate of drug-likeness (QED) is 0.334. The van der Waals surface area contributed by atoms with E-state index in [0.29, 0.717) is 17.5 Å². The maximum absolute atomic E-state index is 13.1. The summed E-state index contributed by atoms with van der Waals surface area (Å²) in [5.41, 5.74) is 11.2. The standard InChI is InChI=1S/C25H18N4O3/c26-20-14-9-15(23(20)30)29-13-8-4-2-6-11(13)17-19-18(24(31)27-25(19)32)16-10-5-1-3-7-12(10)28(14)21(16)22(17)29/h1-8,14-15,20,23,30H,9,26H2,(H,27,31,32)/t14-,15+,20-,23-/m1/s1. The summed E-state index contributed by atoms with van der Waals surface area (Å²) in [7, 11) is 0. The smallest absolute Gasteiger partial charge is 0.259 e. The summed E-state index contributed by atoms with van der Waals surface area (Å²) < 4.78 is 4.40. The molecular formula is C25H18N4O3. The lowest BCUT2D eigenvalue weighted by molar-refractivity contribution is 0.0880. The van der Waals surface area contributed by atoms with Gasteiger partial charge in [0.15, 0.2) is 0 Å². The first-order chi connectivity index (χ1) is 15.6. The fourth-order valence-corrected chi connectivity index (χ4v) is 6.68. The number of nitrogens with zero attached hydrogens (tertiary/aromatic N) is 2. The van der Waals surface area contributed by atoms with Gasteiger partial charge in [-0.05, 0) is 18.6 Å². The van der Waals surface area contributed by atoms with Crippen molar-refractivity contribution >= 4 is 55.4 Å². The molecule has 2 bridgehead atoms. The Bertz CT molecular complexity index is 1600. The monoisotopic (exact) mass is 422 g/mol. The van der Waals surface area contributed by atoms with Crippen LogP contribution < -0.4 is 11.1 Å². The Kier molecular flexibility index (Phi) is 2.75. The van der Waals surface area contributed by atoms with E-state index in [4.69, 9.17) is 5.73 Å². The third-order valence-corrected chi connectivity index (χ3v) is 7.86. The highest BCUT2D eigenvalue weighted by atomic mass is 16.3. The van der Waals surface area contributed by atoms with Crippen LogP contribution in [0.5, 0.6) is 0 Å². The number of hydrogen-bond acceptors (Lipinski definition) is 4. The minimum atomic E-state index is -0.716. The fraction of sp³-hybridized carbons (Fsp3) is 0.200. The second-order valence-electron chi connectivity index (χ2n) is 9.19. The molecule has 4 atom stereocenters. The zero-order valence-corrected chi connectivity index (χ0v) is 16.9. The molecule has 156 valence electrons. The van der Waals surface area contributed by atoms with E-state index in [1.807, 2.05) is 48.5 Å². The summed E-state index contributed by atoms with van der Waals surface area (Å²) >= 11 is 0. The van der Waals surface area contributed by atoms with Crippen molar-refractivity contribution in [2.24, 2.45) is 5.73 Å². The summed E-state index contributed by atoms with van der Waals surface area (Å²) in [6.07, 6.45) is -0.0318. The van der Waals surface area contributed by atoms with Gasteiger partial charge in [0, 0.05) is 32.6 Å². The lowest BCUT2D eigenvalue weighted by Crippen LogP contribution is -2.39. The maximum Gasteiger partial charge on any atom is 0.259 e. The van der Waals surface area contributed by atoms with Crippen molar-refractivity contribution in [1.82, 2.24) is 14.5 Å². The molecule has 1 fully saturated rings. The Morgan fingerprint density at radius 2 is 1.31 bits per heavy atom. The minimum absolute atomic E-state index is 0.113. The number of hydrogen-bond donors (Lipinski definition) is 3. The van der Waals surface area contributed by atoms with Crippen LogP contribution >= 0.6 is 0 Å². The minimum Gasteiger partial charge on any atom is -0.389 e. The van der Waals surface area contributed by atoms with Crippen LogP contribution in [0.15, 0.2) is 48.5 Å². The molecule has 8 rings (SSSR count). The molecule has 7 heteroatoms. The topological polar surface area (TPSA) is 102 Å². The molecule has 3 aromatic carbocycles. The number of rotatable bonds is 0. The summed E-state index contributed by atoms with van der Waals surface area (Å²) in [6, 6.07) is 15.1. The summed E-state index contributed by atoms with van der Waals surface area (Å²) in [5.74, 6) is -0.719. The summed E-state index contributed by atoms with van der Waals surface area (Å²) in [6.45, 7) is 0. The third kappa shape index (κ3) is 1.61. The van der Waals surface area contributed by atoms with Gasteiger partial charge < -0.3 is 20.0 Å². The number of aliphatic hydroxyl groups excluding tert-OH is 1. The Labute approximate surface area is 181 Å². The van der Waals surface area contributed by atoms with Gasteiger partial charge in [-0.1, -0.05) is 36.4 Å². The Morgan fingerprint density at radius 3 is 1.88 bits per heavy atom. The van der Waals surface area contributed by atoms with Gasteiger partial charge in [-0.25, -0.2) is 0 Å². The molecular weight excluding hydrogens is 404 g/mol. The SMILES string of the molecule is N[C@H]1[C@H](O)[C@@H]2C[C@H]1n1c3ccccc3c3c4c(c5c6ccccc6n2c5c31)C(=O)NC4=O. The lowest BCUT2D eigenvalue weighted by Gasteiger charge is -2.25. The number of benzene rings is 3. The van der Waals surface area contributed by atoms with E-state index < -0.39 is 12.1 Å². The fourth-order valence-electron chi connectivity index (χ4n) is 6.68. The number of nitrogens with two attached hydrogens (primary N) is 1. The molecule has 5 aromatic rings. The molecule has 7 nitrogen and oxygen atoms in total. The van der Waals surface area contributed by atoms with Crippen LogP contribution in [-0.2, 0) is 0 Å². The molecule has 1 aliphatic carbocycles. The van der Waals surface area contributed by atoms with Gasteiger partial charge in [0.2, 0.25) is 0 Å². The van der Waals surface area contributed by atoms with Crippen LogP contribution in [0.3, 0.4) is 0 Å². The van der Waals surface area contributed by atoms with Crippen molar-refractivity contribution in [2.75, 3.05) is 0 Å². The number of fused-ring (bicyclic) bond motifs is 13. The van der Waals surface area contributed by atoms with Gasteiger partial charge in [0.05, 0.1) is 46.4 Å². The normalized spacial score (nSPS) is 26.1. The van der Waals surface area contributed by atoms with E-state index in [0.717, 1.165) is 43.6 Å². The highest BCUT2D eigenvalue weighted by Crippen LogP contribution is 2.53. The molecule has 0 spiro atoms. The van der Waals surface area contributed by atoms with Crippen molar-refractivity contribution in [3.8, 4) is 0 Å². The summed E-state index contributed by atoms with van der Waals surface area (Å²) in [5, 5.41) is 17.2. The molecule has 3 aliphatic rings. The van der Waals surface area contributed by atoms with Crippen molar-refractivity contribution in [3.05, 3.63) is 59.7 Å². The number of imide groups is 1. The Balaban J connectivity index is 1.80. The number of aliphatic hydroxyl groups is 1. The van der Waals surface area contributed by atoms with Crippen molar-refractivity contribution in [1.29, 1.82) is 0 Å². The zero-order chi connectivity index (χ0) is 21.5. The number of aromatic nitrogens is 2. The van der Waals surface area contributed by atoms with Gasteiger partial charge in [-0.3, -0.25) is 14.9 Å². The van der Waals surface area contributed by atoms with Gasteiger partial charge in [0.25, 0.3) is 11.8 Å². The number of amides is 2. The van der Waals surface area contributed by atoms with Crippen molar-refractivity contribution in [2.45, 2.75) is 30.7 Å². The summed E-state index contributed by atoms with van der Waals surface area (Å²) in [4.78, 5) is 26.2. The van der Waals surface area contributed by atoms with Crippen LogP contribution in [0, 0.1) is 0 Å². The molecule has 4 N–H and O–H groups in total. The van der Waals surface area contributed by atoms with Crippen molar-refractivity contribution < 1.29 is 14.7 Å². The number of carbonyl (C=O) groups is 2. The average Bonchev–Trinajstić information content (AvgIpc) is 3.45. The number of carbonyl (C=O) groups excluding carboxylic acids is 2. The molecule has 0 saturated heterocycles. The van der Waals surface area contributed by atoms with Crippen LogP contribution in [-0.4, -0.2) is 38.2 Å². The van der Waals surface area contributed by atoms with Gasteiger partial charge in [-0.2, -0.15) is 0 Å². The van der Waals surface area contributed by atoms with Gasteiger partial charge >= 0.3 is 0 Å². The third-order valence-electron chi connectivity index (χ3n) is 7.86. The molecule has 2 aromatic heterocycles. The molecule has 0 unspecified atom stereocenters. The van der Waals surface area contributed by atoms with E-state index in [9.17, 15) is 14.7 Å². The van der Waals surface area contributed by atoms with E-state index in [-0.39, 0.29) is 23.9 Å². The van der Waals surface area contributed by atoms with Crippen LogP contribution in [0.1, 0.15) is 39.2 Å². The number of nitrogens with one attached hydrogen (secondary N) is 1. The molecule has 4 heterocycles. The molecule has 0 radical (unpaired) electrons. The van der Waals surface area contributed by atoms with Crippen LogP contribution in [0.2, 0.25) is 0 Å². The van der Waals surface area contributed by atoms with Gasteiger partial charge in [0.1, 0.15) is 0 Å². The van der Waals surface area contributed by atoms with Crippen LogP contribution in [0.25, 0.3) is 43.6 Å². The first kappa shape index (κ1) is 16.9. The lowest BCUT2D eigenvalue weighted by atomic mass is 9.96. The molecule has 1 saturated carbocycles. The van der Waals surface area contributed by atoms with E-state index in [1.165, 1.54) is 0 Å². The van der Waals surface area contributed by atoms with Crippen molar-refractivity contribution in [3.63, 3.8) is 0 Å². The maximum atomic E-state index is 13.1.